The molecular weight excluding hydrogens is 333 g/mol. The highest BCUT2D eigenvalue weighted by Gasteiger charge is 2.48. The van der Waals surface area contributed by atoms with Crippen LogP contribution >= 0.6 is 23.2 Å². The van der Waals surface area contributed by atoms with Gasteiger partial charge in [-0.15, -0.1) is 0 Å². The molecular formula is C18H11Cl2NO2. The Balaban J connectivity index is 1.98. The van der Waals surface area contributed by atoms with E-state index in [1.54, 1.807) is 18.2 Å². The summed E-state index contributed by atoms with van der Waals surface area (Å²) >= 11 is 12.2. The third kappa shape index (κ3) is 2.05. The molecule has 3 aromatic carbocycles. The van der Waals surface area contributed by atoms with E-state index in [-0.39, 0.29) is 5.02 Å². The average molecular weight is 344 g/mol. The molecule has 1 atom stereocenters. The van der Waals surface area contributed by atoms with Gasteiger partial charge in [0.2, 0.25) is 0 Å². The highest BCUT2D eigenvalue weighted by atomic mass is 35.5. The molecule has 0 aromatic heterocycles. The third-order valence-corrected chi connectivity index (χ3v) is 4.68. The number of carbonyl (C=O) groups excluding carboxylic acids is 1. The van der Waals surface area contributed by atoms with E-state index in [9.17, 15) is 9.90 Å². The van der Waals surface area contributed by atoms with Crippen LogP contribution in [-0.4, -0.2) is 11.0 Å². The SMILES string of the molecule is O=C1Nc2cc(Cl)cc(Cl)c2C1(O)c1ccc2ccccc2c1. The largest absolute Gasteiger partial charge is 0.372 e. The zero-order chi connectivity index (χ0) is 16.2. The van der Waals surface area contributed by atoms with Crippen molar-refractivity contribution >= 4 is 45.6 Å². The molecule has 0 saturated carbocycles. The number of benzene rings is 3. The Hall–Kier alpha value is -2.07. The van der Waals surface area contributed by atoms with Crippen LogP contribution in [0.25, 0.3) is 10.8 Å². The second-order valence-electron chi connectivity index (χ2n) is 5.54. The van der Waals surface area contributed by atoms with Crippen molar-refractivity contribution in [2.75, 3.05) is 5.32 Å². The molecule has 0 spiro atoms. The van der Waals surface area contributed by atoms with Gasteiger partial charge < -0.3 is 10.4 Å². The van der Waals surface area contributed by atoms with Gasteiger partial charge in [-0.3, -0.25) is 4.79 Å². The van der Waals surface area contributed by atoms with E-state index in [0.717, 1.165) is 10.8 Å². The van der Waals surface area contributed by atoms with Gasteiger partial charge in [0, 0.05) is 10.6 Å². The maximum absolute atomic E-state index is 12.5. The zero-order valence-corrected chi connectivity index (χ0v) is 13.3. The molecule has 0 bridgehead atoms. The van der Waals surface area contributed by atoms with Crippen molar-refractivity contribution in [1.29, 1.82) is 0 Å². The third-order valence-electron chi connectivity index (χ3n) is 4.16. The molecule has 23 heavy (non-hydrogen) atoms. The van der Waals surface area contributed by atoms with Gasteiger partial charge in [0.25, 0.3) is 5.91 Å². The van der Waals surface area contributed by atoms with Gasteiger partial charge in [-0.1, -0.05) is 59.6 Å². The normalized spacial score (nSPS) is 19.7. The van der Waals surface area contributed by atoms with Crippen molar-refractivity contribution in [3.8, 4) is 0 Å². The molecule has 0 aliphatic carbocycles. The molecule has 0 saturated heterocycles. The van der Waals surface area contributed by atoms with Crippen molar-refractivity contribution in [2.24, 2.45) is 0 Å². The molecule has 1 heterocycles. The van der Waals surface area contributed by atoms with Crippen LogP contribution in [0.5, 0.6) is 0 Å². The number of rotatable bonds is 1. The fraction of sp³-hybridized carbons (Fsp3) is 0.0556. The highest BCUT2D eigenvalue weighted by Crippen LogP contribution is 2.46. The number of carbonyl (C=O) groups is 1. The lowest BCUT2D eigenvalue weighted by molar-refractivity contribution is -0.129. The van der Waals surface area contributed by atoms with Crippen LogP contribution in [0.3, 0.4) is 0 Å². The molecule has 2 N–H and O–H groups in total. The topological polar surface area (TPSA) is 49.3 Å². The molecule has 4 rings (SSSR count). The summed E-state index contributed by atoms with van der Waals surface area (Å²) in [7, 11) is 0. The first-order chi connectivity index (χ1) is 11.0. The standard InChI is InChI=1S/C18H11Cl2NO2/c19-13-8-14(20)16-15(9-13)21-17(22)18(16,23)12-6-5-10-3-1-2-4-11(10)7-12/h1-9,23H,(H,21,22). The second kappa shape index (κ2) is 4.96. The van der Waals surface area contributed by atoms with Gasteiger partial charge >= 0.3 is 0 Å². The molecule has 1 aliphatic rings. The number of halogens is 2. The maximum atomic E-state index is 12.5. The van der Waals surface area contributed by atoms with E-state index in [4.69, 9.17) is 23.2 Å². The molecule has 3 aromatic rings. The Morgan fingerprint density at radius 3 is 2.48 bits per heavy atom. The van der Waals surface area contributed by atoms with E-state index in [1.165, 1.54) is 6.07 Å². The Labute approximate surface area is 142 Å². The number of anilines is 1. The molecule has 3 nitrogen and oxygen atoms in total. The number of nitrogens with one attached hydrogen (secondary N) is 1. The van der Waals surface area contributed by atoms with Gasteiger partial charge in [-0.25, -0.2) is 0 Å². The quantitative estimate of drug-likeness (QED) is 0.690. The smallest absolute Gasteiger partial charge is 0.265 e. The molecule has 1 unspecified atom stereocenters. The van der Waals surface area contributed by atoms with Crippen LogP contribution in [0.15, 0.2) is 54.6 Å². The van der Waals surface area contributed by atoms with Gasteiger partial charge in [-0.05, 0) is 34.5 Å². The second-order valence-corrected chi connectivity index (χ2v) is 6.38. The number of aliphatic hydroxyl groups is 1. The molecule has 0 radical (unpaired) electrons. The summed E-state index contributed by atoms with van der Waals surface area (Å²) in [4.78, 5) is 12.5. The minimum atomic E-state index is -1.83. The highest BCUT2D eigenvalue weighted by molar-refractivity contribution is 6.36. The molecule has 0 fully saturated rings. The van der Waals surface area contributed by atoms with Gasteiger partial charge in [0.1, 0.15) is 0 Å². The van der Waals surface area contributed by atoms with E-state index >= 15 is 0 Å². The van der Waals surface area contributed by atoms with Gasteiger partial charge in [-0.2, -0.15) is 0 Å². The van der Waals surface area contributed by atoms with E-state index < -0.39 is 11.5 Å². The zero-order valence-electron chi connectivity index (χ0n) is 11.8. The van der Waals surface area contributed by atoms with Crippen LogP contribution in [0, 0.1) is 0 Å². The van der Waals surface area contributed by atoms with Gasteiger partial charge in [0.05, 0.1) is 10.7 Å². The fourth-order valence-corrected chi connectivity index (χ4v) is 3.69. The predicted molar refractivity (Wildman–Crippen MR) is 92.0 cm³/mol. The summed E-state index contributed by atoms with van der Waals surface area (Å²) < 4.78 is 0. The summed E-state index contributed by atoms with van der Waals surface area (Å²) in [6.45, 7) is 0. The van der Waals surface area contributed by atoms with E-state index in [2.05, 4.69) is 5.32 Å². The predicted octanol–water partition coefficient (Wildman–Crippen LogP) is 4.33. The Kier molecular flexibility index (Phi) is 3.13. The minimum absolute atomic E-state index is 0.251. The summed E-state index contributed by atoms with van der Waals surface area (Å²) in [5.41, 5.74) is -0.593. The first-order valence-electron chi connectivity index (χ1n) is 7.03. The summed E-state index contributed by atoms with van der Waals surface area (Å²) in [6, 6.07) is 16.3. The number of hydrogen-bond donors (Lipinski definition) is 2. The van der Waals surface area contributed by atoms with Crippen LogP contribution < -0.4 is 5.32 Å². The summed E-state index contributed by atoms with van der Waals surface area (Å²) in [5, 5.41) is 16.4. The van der Waals surface area contributed by atoms with Crippen molar-refractivity contribution < 1.29 is 9.90 Å². The number of hydrogen-bond acceptors (Lipinski definition) is 2. The molecule has 5 heteroatoms. The van der Waals surface area contributed by atoms with Crippen LogP contribution in [-0.2, 0) is 10.4 Å². The molecule has 1 aliphatic heterocycles. The summed E-state index contributed by atoms with van der Waals surface area (Å²) in [5.74, 6) is -0.535. The van der Waals surface area contributed by atoms with Crippen molar-refractivity contribution in [1.82, 2.24) is 0 Å². The van der Waals surface area contributed by atoms with E-state index in [0.29, 0.717) is 21.8 Å². The molecule has 114 valence electrons. The monoisotopic (exact) mass is 343 g/mol. The average Bonchev–Trinajstić information content (AvgIpc) is 2.78. The maximum Gasteiger partial charge on any atom is 0.265 e. The number of fused-ring (bicyclic) bond motifs is 2. The van der Waals surface area contributed by atoms with Crippen LogP contribution in [0.2, 0.25) is 10.0 Å². The Bertz CT molecular complexity index is 970. The lowest BCUT2D eigenvalue weighted by Gasteiger charge is -2.23. The first-order valence-corrected chi connectivity index (χ1v) is 7.78. The molecule has 1 amide bonds. The van der Waals surface area contributed by atoms with Crippen molar-refractivity contribution in [2.45, 2.75) is 5.60 Å². The Morgan fingerprint density at radius 1 is 0.957 bits per heavy atom. The van der Waals surface area contributed by atoms with Crippen molar-refractivity contribution in [3.63, 3.8) is 0 Å². The van der Waals surface area contributed by atoms with Crippen LogP contribution in [0.1, 0.15) is 11.1 Å². The van der Waals surface area contributed by atoms with E-state index in [1.807, 2.05) is 30.3 Å². The minimum Gasteiger partial charge on any atom is -0.372 e. The van der Waals surface area contributed by atoms with Crippen LogP contribution in [0.4, 0.5) is 5.69 Å². The van der Waals surface area contributed by atoms with Gasteiger partial charge in [0.15, 0.2) is 5.60 Å². The lowest BCUT2D eigenvalue weighted by Crippen LogP contribution is -2.35. The van der Waals surface area contributed by atoms with Crippen molar-refractivity contribution in [3.05, 3.63) is 75.8 Å². The number of amides is 1. The summed E-state index contributed by atoms with van der Waals surface area (Å²) in [6.07, 6.45) is 0. The lowest BCUT2D eigenvalue weighted by atomic mass is 9.86. The fourth-order valence-electron chi connectivity index (χ4n) is 3.06. The first kappa shape index (κ1) is 14.5. The Morgan fingerprint density at radius 2 is 1.70 bits per heavy atom.